The predicted octanol–water partition coefficient (Wildman–Crippen LogP) is 2.93. The van der Waals surface area contributed by atoms with Crippen LogP contribution in [0, 0.1) is 12.8 Å². The minimum Gasteiger partial charge on any atom is -0.489 e. The number of hydrogen-bond acceptors (Lipinski definition) is 10. The topological polar surface area (TPSA) is 151 Å². The van der Waals surface area contributed by atoms with Gasteiger partial charge < -0.3 is 44.5 Å². The summed E-state index contributed by atoms with van der Waals surface area (Å²) in [6.45, 7) is 11.1. The summed E-state index contributed by atoms with van der Waals surface area (Å²) in [4.78, 5) is 4.58. The van der Waals surface area contributed by atoms with Crippen LogP contribution < -0.4 is 14.2 Å². The Labute approximate surface area is 243 Å². The van der Waals surface area contributed by atoms with Crippen LogP contribution in [-0.4, -0.2) is 88.2 Å². The highest BCUT2D eigenvalue weighted by molar-refractivity contribution is 5.54. The van der Waals surface area contributed by atoms with E-state index in [9.17, 15) is 25.5 Å². The number of ether oxygens (including phenoxy) is 4. The number of pyridine rings is 1. The van der Waals surface area contributed by atoms with Gasteiger partial charge in [0.05, 0.1) is 32.6 Å². The van der Waals surface area contributed by atoms with E-state index in [0.717, 1.165) is 23.1 Å². The Morgan fingerprint density at radius 1 is 1.05 bits per heavy atom. The lowest BCUT2D eigenvalue weighted by Gasteiger charge is -2.39. The minimum absolute atomic E-state index is 0.00554. The second kappa shape index (κ2) is 16.1. The van der Waals surface area contributed by atoms with Gasteiger partial charge in [-0.25, -0.2) is 4.98 Å². The third kappa shape index (κ3) is 8.88. The molecule has 1 aliphatic rings. The average Bonchev–Trinajstić information content (AvgIpc) is 2.96. The molecule has 0 radical (unpaired) electrons. The molecular weight excluding hydrogens is 530 g/mol. The minimum atomic E-state index is -1.58. The van der Waals surface area contributed by atoms with Gasteiger partial charge in [-0.05, 0) is 46.6 Å². The van der Waals surface area contributed by atoms with Crippen molar-refractivity contribution in [1.29, 1.82) is 0 Å². The molecule has 1 aromatic rings. The highest BCUT2D eigenvalue weighted by Crippen LogP contribution is 2.41. The van der Waals surface area contributed by atoms with Crippen LogP contribution in [0.5, 0.6) is 17.4 Å². The zero-order valence-corrected chi connectivity index (χ0v) is 25.4. The van der Waals surface area contributed by atoms with E-state index in [0.29, 0.717) is 17.7 Å². The van der Waals surface area contributed by atoms with Gasteiger partial charge in [0.2, 0.25) is 12.0 Å². The number of nitrogens with zero attached hydrogens (tertiary/aromatic N) is 1. The molecule has 7 atom stereocenters. The zero-order valence-electron chi connectivity index (χ0n) is 25.4. The molecule has 0 aromatic carbocycles. The molecule has 1 aliphatic heterocycles. The molecule has 1 aromatic heterocycles. The lowest BCUT2D eigenvalue weighted by atomic mass is 9.96. The van der Waals surface area contributed by atoms with Crippen LogP contribution in [0.1, 0.15) is 52.3 Å². The van der Waals surface area contributed by atoms with Crippen LogP contribution in [0.4, 0.5) is 0 Å². The molecule has 10 heteroatoms. The molecule has 5 N–H and O–H groups in total. The molecule has 0 saturated carbocycles. The monoisotopic (exact) mass is 577 g/mol. The molecule has 230 valence electrons. The fourth-order valence-electron chi connectivity index (χ4n) is 4.53. The average molecular weight is 578 g/mol. The predicted molar refractivity (Wildman–Crippen MR) is 156 cm³/mol. The van der Waals surface area contributed by atoms with Crippen molar-refractivity contribution in [2.45, 2.75) is 91.2 Å². The van der Waals surface area contributed by atoms with Gasteiger partial charge in [0.15, 0.2) is 5.75 Å². The first kappa shape index (κ1) is 34.5. The summed E-state index contributed by atoms with van der Waals surface area (Å²) in [6, 6.07) is 0. The smallest absolute Gasteiger partial charge is 0.261 e. The van der Waals surface area contributed by atoms with Gasteiger partial charge in [-0.15, -0.1) is 0 Å². The number of hydrogen-bond donors (Lipinski definition) is 5. The molecule has 0 spiro atoms. The van der Waals surface area contributed by atoms with Crippen molar-refractivity contribution in [2.24, 2.45) is 5.92 Å². The van der Waals surface area contributed by atoms with Crippen molar-refractivity contribution in [3.8, 4) is 17.4 Å². The van der Waals surface area contributed by atoms with E-state index in [-0.39, 0.29) is 23.3 Å². The maximum atomic E-state index is 10.5. The van der Waals surface area contributed by atoms with Crippen LogP contribution in [-0.2, 0) is 11.2 Å². The molecular formula is C31H47NO9. The van der Waals surface area contributed by atoms with Gasteiger partial charge in [0.1, 0.15) is 24.4 Å². The molecule has 41 heavy (non-hydrogen) atoms. The normalized spacial score (nSPS) is 25.8. The van der Waals surface area contributed by atoms with Crippen molar-refractivity contribution >= 4 is 0 Å². The van der Waals surface area contributed by atoms with Crippen LogP contribution in [0.15, 0.2) is 47.1 Å². The van der Waals surface area contributed by atoms with E-state index in [2.05, 4.69) is 17.1 Å². The Morgan fingerprint density at radius 2 is 1.73 bits per heavy atom. The number of allylic oxidation sites excluding steroid dienone is 6. The van der Waals surface area contributed by atoms with Gasteiger partial charge in [-0.2, -0.15) is 0 Å². The Kier molecular flexibility index (Phi) is 13.5. The van der Waals surface area contributed by atoms with E-state index in [1.807, 2.05) is 52.8 Å². The number of methoxy groups -OCH3 is 2. The van der Waals surface area contributed by atoms with Gasteiger partial charge in [0, 0.05) is 17.9 Å². The van der Waals surface area contributed by atoms with Gasteiger partial charge in [0.25, 0.3) is 5.88 Å². The zero-order chi connectivity index (χ0) is 30.9. The van der Waals surface area contributed by atoms with E-state index < -0.39 is 43.4 Å². The van der Waals surface area contributed by atoms with E-state index in [1.165, 1.54) is 14.2 Å². The molecule has 1 fully saturated rings. The maximum Gasteiger partial charge on any atom is 0.261 e. The first-order valence-corrected chi connectivity index (χ1v) is 13.8. The standard InChI is InChI=1S/C31H47NO9/c1-9-19(4)24(34)20(5)15-18(3)12-10-11-17(2)13-14-22-21(6)28(29(38-7)30(32-22)39-8)41-31-27(37)26(36)25(35)23(16-33)40-31/h9-10,12-13,15,20,23-27,31,33-37H,11,14,16H2,1-8H3/b12-10+,17-13+,18-15+,19-9+. The van der Waals surface area contributed by atoms with Crippen LogP contribution in [0.25, 0.3) is 0 Å². The molecule has 0 amide bonds. The van der Waals surface area contributed by atoms with Crippen molar-refractivity contribution in [2.75, 3.05) is 20.8 Å². The molecule has 2 heterocycles. The molecule has 0 aliphatic carbocycles. The van der Waals surface area contributed by atoms with Gasteiger partial charge in [-0.3, -0.25) is 0 Å². The maximum absolute atomic E-state index is 10.5. The third-order valence-corrected chi connectivity index (χ3v) is 7.30. The largest absolute Gasteiger partial charge is 0.489 e. The first-order chi connectivity index (χ1) is 19.4. The van der Waals surface area contributed by atoms with E-state index in [4.69, 9.17) is 18.9 Å². The fraction of sp³-hybridized carbons (Fsp3) is 0.581. The lowest BCUT2D eigenvalue weighted by molar-refractivity contribution is -0.277. The van der Waals surface area contributed by atoms with Crippen LogP contribution in [0.2, 0.25) is 0 Å². The van der Waals surface area contributed by atoms with Crippen molar-refractivity contribution < 1.29 is 44.5 Å². The first-order valence-electron chi connectivity index (χ1n) is 13.8. The number of aromatic nitrogens is 1. The summed E-state index contributed by atoms with van der Waals surface area (Å²) in [6.07, 6.45) is 3.65. The van der Waals surface area contributed by atoms with Crippen molar-refractivity contribution in [3.63, 3.8) is 0 Å². The molecule has 10 nitrogen and oxygen atoms in total. The number of aliphatic hydroxyl groups excluding tert-OH is 5. The number of rotatable bonds is 13. The molecule has 0 bridgehead atoms. The lowest BCUT2D eigenvalue weighted by Crippen LogP contribution is -2.60. The summed E-state index contributed by atoms with van der Waals surface area (Å²) in [7, 11) is 2.87. The molecule has 1 saturated heterocycles. The summed E-state index contributed by atoms with van der Waals surface area (Å²) in [5, 5.41) is 50.6. The SMILES string of the molecule is C/C=C(\C)C(O)C(C)/C=C(C)/C=C/C/C(C)=C/Cc1nc(OC)c(OC)c(OC2OC(CO)C(O)C(O)C2O)c1C. The van der Waals surface area contributed by atoms with Crippen molar-refractivity contribution in [1.82, 2.24) is 4.98 Å². The highest BCUT2D eigenvalue weighted by Gasteiger charge is 2.45. The van der Waals surface area contributed by atoms with E-state index >= 15 is 0 Å². The van der Waals surface area contributed by atoms with E-state index in [1.54, 1.807) is 6.92 Å². The van der Waals surface area contributed by atoms with Crippen LogP contribution in [0.3, 0.4) is 0 Å². The van der Waals surface area contributed by atoms with Crippen molar-refractivity contribution in [3.05, 3.63) is 58.4 Å². The van der Waals surface area contributed by atoms with Crippen LogP contribution >= 0.6 is 0 Å². The van der Waals surface area contributed by atoms with Gasteiger partial charge in [-0.1, -0.05) is 48.5 Å². The number of aliphatic hydroxyl groups is 5. The summed E-state index contributed by atoms with van der Waals surface area (Å²) in [5.41, 5.74) is 4.38. The Hall–Kier alpha value is -2.73. The molecule has 7 unspecified atom stereocenters. The second-order valence-corrected chi connectivity index (χ2v) is 10.5. The summed E-state index contributed by atoms with van der Waals surface area (Å²) >= 11 is 0. The summed E-state index contributed by atoms with van der Waals surface area (Å²) < 4.78 is 22.4. The highest BCUT2D eigenvalue weighted by atomic mass is 16.7. The Morgan fingerprint density at radius 3 is 2.32 bits per heavy atom. The Bertz CT molecular complexity index is 1130. The second-order valence-electron chi connectivity index (χ2n) is 10.5. The molecule has 2 rings (SSSR count). The third-order valence-electron chi connectivity index (χ3n) is 7.30. The quantitative estimate of drug-likeness (QED) is 0.175. The Balaban J connectivity index is 2.22. The van der Waals surface area contributed by atoms with Gasteiger partial charge >= 0.3 is 0 Å². The fourth-order valence-corrected chi connectivity index (χ4v) is 4.53. The summed E-state index contributed by atoms with van der Waals surface area (Å²) in [5.74, 6) is 0.560.